The molecule has 0 N–H and O–H groups in total. The molecule has 0 unspecified atom stereocenters. The zero-order valence-corrected chi connectivity index (χ0v) is 12.3. The number of rotatable bonds is 5. The summed E-state index contributed by atoms with van der Waals surface area (Å²) in [6.45, 7) is 6.34. The second-order valence-electron chi connectivity index (χ2n) is 5.58. The molecule has 3 rings (SSSR count). The van der Waals surface area contributed by atoms with Gasteiger partial charge < -0.3 is 9.30 Å². The summed E-state index contributed by atoms with van der Waals surface area (Å²) in [6.07, 6.45) is 5.82. The van der Waals surface area contributed by atoms with Crippen molar-refractivity contribution < 1.29 is 0 Å². The maximum Gasteiger partial charge on any atom is 0.137 e. The van der Waals surface area contributed by atoms with Crippen LogP contribution in [0, 0.1) is 11.3 Å². The highest BCUT2D eigenvalue weighted by Gasteiger charge is 2.17. The molecule has 0 aliphatic carbocycles. The van der Waals surface area contributed by atoms with Crippen molar-refractivity contribution in [1.29, 1.82) is 5.26 Å². The number of piperazine rings is 1. The van der Waals surface area contributed by atoms with E-state index in [0.29, 0.717) is 6.42 Å². The molecule has 2 aromatic rings. The Balaban J connectivity index is 1.50. The van der Waals surface area contributed by atoms with E-state index in [1.807, 2.05) is 24.4 Å². The fourth-order valence-electron chi connectivity index (χ4n) is 2.85. The smallest absolute Gasteiger partial charge is 0.137 e. The molecule has 3 heterocycles. The highest BCUT2D eigenvalue weighted by atomic mass is 15.3. The van der Waals surface area contributed by atoms with Gasteiger partial charge in [-0.25, -0.2) is 4.98 Å². The van der Waals surface area contributed by atoms with E-state index >= 15 is 0 Å². The summed E-state index contributed by atoms with van der Waals surface area (Å²) in [5.41, 5.74) is 2.15. The topological polar surface area (TPSA) is 47.6 Å². The van der Waals surface area contributed by atoms with Gasteiger partial charge in [0, 0.05) is 51.5 Å². The van der Waals surface area contributed by atoms with Gasteiger partial charge in [-0.15, -0.1) is 0 Å². The predicted molar refractivity (Wildman–Crippen MR) is 81.8 cm³/mol. The molecule has 0 atom stereocenters. The van der Waals surface area contributed by atoms with Crippen molar-refractivity contribution in [2.75, 3.05) is 32.7 Å². The van der Waals surface area contributed by atoms with E-state index in [9.17, 15) is 0 Å². The van der Waals surface area contributed by atoms with Crippen molar-refractivity contribution in [3.05, 3.63) is 36.3 Å². The summed E-state index contributed by atoms with van der Waals surface area (Å²) >= 11 is 0. The van der Waals surface area contributed by atoms with Gasteiger partial charge in [0.15, 0.2) is 0 Å². The molecule has 1 fully saturated rings. The Labute approximate surface area is 125 Å². The maximum absolute atomic E-state index is 8.58. The maximum atomic E-state index is 8.58. The lowest BCUT2D eigenvalue weighted by Crippen LogP contribution is -2.46. The van der Waals surface area contributed by atoms with E-state index in [1.54, 1.807) is 0 Å². The lowest BCUT2D eigenvalue weighted by Gasteiger charge is -2.34. The van der Waals surface area contributed by atoms with Gasteiger partial charge in [0.25, 0.3) is 0 Å². The molecule has 0 saturated carbocycles. The van der Waals surface area contributed by atoms with Gasteiger partial charge in [-0.2, -0.15) is 5.26 Å². The first-order valence-electron chi connectivity index (χ1n) is 7.59. The van der Waals surface area contributed by atoms with Crippen LogP contribution in [0.2, 0.25) is 0 Å². The Hall–Kier alpha value is -1.90. The largest absolute Gasteiger partial charge is 0.307 e. The molecule has 5 nitrogen and oxygen atoms in total. The van der Waals surface area contributed by atoms with Crippen LogP contribution in [-0.2, 0) is 6.54 Å². The molecule has 2 aromatic heterocycles. The third kappa shape index (κ3) is 3.60. The molecule has 0 aromatic carbocycles. The van der Waals surface area contributed by atoms with E-state index < -0.39 is 0 Å². The summed E-state index contributed by atoms with van der Waals surface area (Å²) in [5.74, 6) is 0. The van der Waals surface area contributed by atoms with Gasteiger partial charge in [-0.05, 0) is 25.1 Å². The minimum absolute atomic E-state index is 0.668. The van der Waals surface area contributed by atoms with E-state index in [1.165, 1.54) is 0 Å². The third-order valence-electron chi connectivity index (χ3n) is 4.03. The molecular formula is C16H21N5. The van der Waals surface area contributed by atoms with Gasteiger partial charge in [0.1, 0.15) is 5.65 Å². The fourth-order valence-corrected chi connectivity index (χ4v) is 2.85. The fraction of sp³-hybridized carbons (Fsp3) is 0.500. The third-order valence-corrected chi connectivity index (χ3v) is 4.03. The highest BCUT2D eigenvalue weighted by molar-refractivity contribution is 5.39. The minimum atomic E-state index is 0.668. The molecule has 1 aliphatic rings. The molecule has 1 saturated heterocycles. The molecule has 110 valence electrons. The number of nitrogens with zero attached hydrogens (tertiary/aromatic N) is 5. The average Bonchev–Trinajstić information content (AvgIpc) is 2.91. The van der Waals surface area contributed by atoms with E-state index in [2.05, 4.69) is 31.5 Å². The number of imidazole rings is 1. The molecule has 0 spiro atoms. The molecule has 0 bridgehead atoms. The Kier molecular flexibility index (Phi) is 4.49. The van der Waals surface area contributed by atoms with Crippen molar-refractivity contribution in [3.8, 4) is 6.07 Å². The zero-order valence-electron chi connectivity index (χ0n) is 12.3. The summed E-state index contributed by atoms with van der Waals surface area (Å²) in [6, 6.07) is 8.30. The lowest BCUT2D eigenvalue weighted by atomic mass is 10.2. The number of fused-ring (bicyclic) bond motifs is 1. The molecular weight excluding hydrogens is 262 g/mol. The van der Waals surface area contributed by atoms with Crippen LogP contribution in [0.3, 0.4) is 0 Å². The van der Waals surface area contributed by atoms with Gasteiger partial charge in [-0.1, -0.05) is 6.07 Å². The monoisotopic (exact) mass is 283 g/mol. The van der Waals surface area contributed by atoms with Crippen LogP contribution < -0.4 is 0 Å². The van der Waals surface area contributed by atoms with Gasteiger partial charge in [0.05, 0.1) is 11.8 Å². The molecule has 0 radical (unpaired) electrons. The van der Waals surface area contributed by atoms with Crippen molar-refractivity contribution >= 4 is 5.65 Å². The standard InChI is InChI=1S/C16H21N5/c17-6-2-4-7-19-9-11-20(12-10-19)13-15-14-21-8-3-1-5-16(21)18-15/h1,3,5,8,14H,2,4,7,9-13H2. The highest BCUT2D eigenvalue weighted by Crippen LogP contribution is 2.10. The number of unbranched alkanes of at least 4 members (excludes halogenated alkanes) is 1. The van der Waals surface area contributed by atoms with Crippen molar-refractivity contribution in [2.24, 2.45) is 0 Å². The Morgan fingerprint density at radius 1 is 1.14 bits per heavy atom. The zero-order chi connectivity index (χ0) is 14.5. The van der Waals surface area contributed by atoms with E-state index in [0.717, 1.165) is 57.0 Å². The van der Waals surface area contributed by atoms with Crippen LogP contribution in [0.15, 0.2) is 30.6 Å². The predicted octanol–water partition coefficient (Wildman–Crippen LogP) is 1.76. The van der Waals surface area contributed by atoms with Crippen LogP contribution >= 0.6 is 0 Å². The molecule has 0 amide bonds. The quantitative estimate of drug-likeness (QED) is 0.785. The number of aromatic nitrogens is 2. The first-order chi connectivity index (χ1) is 10.3. The van der Waals surface area contributed by atoms with E-state index in [4.69, 9.17) is 5.26 Å². The Morgan fingerprint density at radius 3 is 2.71 bits per heavy atom. The number of pyridine rings is 1. The van der Waals surface area contributed by atoms with Crippen molar-refractivity contribution in [3.63, 3.8) is 0 Å². The number of hydrogen-bond donors (Lipinski definition) is 0. The van der Waals surface area contributed by atoms with Crippen molar-refractivity contribution in [2.45, 2.75) is 19.4 Å². The lowest BCUT2D eigenvalue weighted by molar-refractivity contribution is 0.125. The summed E-state index contributed by atoms with van der Waals surface area (Å²) in [5, 5.41) is 8.58. The average molecular weight is 283 g/mol. The first kappa shape index (κ1) is 14.1. The number of hydrogen-bond acceptors (Lipinski definition) is 4. The Morgan fingerprint density at radius 2 is 1.95 bits per heavy atom. The van der Waals surface area contributed by atoms with E-state index in [-0.39, 0.29) is 0 Å². The van der Waals surface area contributed by atoms with Crippen LogP contribution in [0.1, 0.15) is 18.5 Å². The summed E-state index contributed by atoms with van der Waals surface area (Å²) in [4.78, 5) is 9.57. The second-order valence-corrected chi connectivity index (χ2v) is 5.58. The summed E-state index contributed by atoms with van der Waals surface area (Å²) < 4.78 is 2.08. The second kappa shape index (κ2) is 6.70. The SMILES string of the molecule is N#CCCCN1CCN(Cc2cn3ccccc3n2)CC1. The van der Waals surface area contributed by atoms with Crippen LogP contribution in [0.5, 0.6) is 0 Å². The first-order valence-corrected chi connectivity index (χ1v) is 7.59. The normalized spacial score (nSPS) is 17.1. The van der Waals surface area contributed by atoms with Gasteiger partial charge >= 0.3 is 0 Å². The van der Waals surface area contributed by atoms with Crippen LogP contribution in [0.4, 0.5) is 0 Å². The van der Waals surface area contributed by atoms with Crippen LogP contribution in [0.25, 0.3) is 5.65 Å². The summed E-state index contributed by atoms with van der Waals surface area (Å²) in [7, 11) is 0. The molecule has 1 aliphatic heterocycles. The molecule has 5 heteroatoms. The van der Waals surface area contributed by atoms with Gasteiger partial charge in [-0.3, -0.25) is 4.90 Å². The molecule has 21 heavy (non-hydrogen) atoms. The van der Waals surface area contributed by atoms with Crippen molar-refractivity contribution in [1.82, 2.24) is 19.2 Å². The van der Waals surface area contributed by atoms with Gasteiger partial charge in [0.2, 0.25) is 0 Å². The minimum Gasteiger partial charge on any atom is -0.307 e. The van der Waals surface area contributed by atoms with Crippen LogP contribution in [-0.4, -0.2) is 51.9 Å². The Bertz CT molecular complexity index is 586. The number of nitriles is 1.